The Morgan fingerprint density at radius 1 is 1.23 bits per heavy atom. The maximum absolute atomic E-state index is 11.8. The normalized spacial score (nSPS) is 10.7. The lowest BCUT2D eigenvalue weighted by Gasteiger charge is -2.09. The monoisotopic (exact) mass is 313 g/mol. The number of hydrogen-bond donors (Lipinski definition) is 0. The molecule has 2 aromatic heterocycles. The minimum Gasteiger partial charge on any atom is -0.497 e. The van der Waals surface area contributed by atoms with Crippen molar-refractivity contribution in [3.63, 3.8) is 0 Å². The lowest BCUT2D eigenvalue weighted by molar-refractivity contribution is 0.0822. The molecule has 0 radical (unpaired) electrons. The standard InChI is InChI=1S/C16H15N3O2S/c1-19(2)16(20)12-6-4-10(9-17-12)15-18-13-8-11(21-3)5-7-14(13)22-15/h4-9H,1-3H3. The Morgan fingerprint density at radius 3 is 2.68 bits per heavy atom. The van der Waals surface area contributed by atoms with Crippen molar-refractivity contribution < 1.29 is 9.53 Å². The van der Waals surface area contributed by atoms with Gasteiger partial charge < -0.3 is 9.64 Å². The third kappa shape index (κ3) is 2.65. The summed E-state index contributed by atoms with van der Waals surface area (Å²) in [4.78, 5) is 22.2. The first-order chi connectivity index (χ1) is 10.6. The summed E-state index contributed by atoms with van der Waals surface area (Å²) in [6.45, 7) is 0. The predicted molar refractivity (Wildman–Crippen MR) is 87.4 cm³/mol. The first-order valence-electron chi connectivity index (χ1n) is 6.71. The van der Waals surface area contributed by atoms with Crippen molar-refractivity contribution in [2.24, 2.45) is 0 Å². The number of carbonyl (C=O) groups is 1. The number of benzene rings is 1. The number of nitrogens with zero attached hydrogens (tertiary/aromatic N) is 3. The summed E-state index contributed by atoms with van der Waals surface area (Å²) >= 11 is 1.59. The number of pyridine rings is 1. The highest BCUT2D eigenvalue weighted by molar-refractivity contribution is 7.21. The minimum atomic E-state index is -0.111. The Balaban J connectivity index is 1.95. The van der Waals surface area contributed by atoms with Gasteiger partial charge in [-0.15, -0.1) is 11.3 Å². The van der Waals surface area contributed by atoms with Crippen molar-refractivity contribution in [3.05, 3.63) is 42.2 Å². The third-order valence-electron chi connectivity index (χ3n) is 3.23. The average molecular weight is 313 g/mol. The number of aromatic nitrogens is 2. The number of ether oxygens (including phenoxy) is 1. The summed E-state index contributed by atoms with van der Waals surface area (Å²) < 4.78 is 6.30. The highest BCUT2D eigenvalue weighted by Gasteiger charge is 2.11. The molecule has 0 aliphatic rings. The van der Waals surface area contributed by atoms with Gasteiger partial charge in [0, 0.05) is 31.9 Å². The molecule has 0 saturated carbocycles. The number of carbonyl (C=O) groups excluding carboxylic acids is 1. The molecule has 0 bridgehead atoms. The van der Waals surface area contributed by atoms with Crippen molar-refractivity contribution in [2.45, 2.75) is 0 Å². The second-order valence-corrected chi connectivity index (χ2v) is 6.02. The maximum atomic E-state index is 11.8. The molecule has 22 heavy (non-hydrogen) atoms. The van der Waals surface area contributed by atoms with E-state index >= 15 is 0 Å². The first-order valence-corrected chi connectivity index (χ1v) is 7.53. The van der Waals surface area contributed by atoms with E-state index in [9.17, 15) is 4.79 Å². The van der Waals surface area contributed by atoms with Crippen LogP contribution in [0.25, 0.3) is 20.8 Å². The van der Waals surface area contributed by atoms with Gasteiger partial charge in [-0.25, -0.2) is 4.98 Å². The number of rotatable bonds is 3. The number of methoxy groups -OCH3 is 1. The second kappa shape index (κ2) is 5.73. The molecule has 3 aromatic rings. The van der Waals surface area contributed by atoms with Crippen LogP contribution in [-0.2, 0) is 0 Å². The van der Waals surface area contributed by atoms with Gasteiger partial charge in [0.1, 0.15) is 16.5 Å². The van der Waals surface area contributed by atoms with Gasteiger partial charge in [0.15, 0.2) is 0 Å². The van der Waals surface area contributed by atoms with E-state index in [1.807, 2.05) is 24.3 Å². The summed E-state index contributed by atoms with van der Waals surface area (Å²) in [5.74, 6) is 0.676. The molecule has 1 aromatic carbocycles. The van der Waals surface area contributed by atoms with Gasteiger partial charge in [-0.05, 0) is 24.3 Å². The van der Waals surface area contributed by atoms with Gasteiger partial charge in [-0.1, -0.05) is 0 Å². The van der Waals surface area contributed by atoms with Crippen LogP contribution in [0.15, 0.2) is 36.5 Å². The molecular formula is C16H15N3O2S. The zero-order valence-electron chi connectivity index (χ0n) is 12.5. The SMILES string of the molecule is COc1ccc2sc(-c3ccc(C(=O)N(C)C)nc3)nc2c1. The predicted octanol–water partition coefficient (Wildman–Crippen LogP) is 3.07. The van der Waals surface area contributed by atoms with E-state index in [0.29, 0.717) is 5.69 Å². The van der Waals surface area contributed by atoms with Crippen molar-refractivity contribution in [3.8, 4) is 16.3 Å². The van der Waals surface area contributed by atoms with Gasteiger partial charge in [0.05, 0.1) is 17.3 Å². The summed E-state index contributed by atoms with van der Waals surface area (Å²) in [6.07, 6.45) is 1.69. The van der Waals surface area contributed by atoms with Gasteiger partial charge in [-0.3, -0.25) is 9.78 Å². The zero-order valence-corrected chi connectivity index (χ0v) is 13.3. The lowest BCUT2D eigenvalue weighted by Crippen LogP contribution is -2.22. The average Bonchev–Trinajstić information content (AvgIpc) is 2.97. The van der Waals surface area contributed by atoms with Gasteiger partial charge in [-0.2, -0.15) is 0 Å². The summed E-state index contributed by atoms with van der Waals surface area (Å²) in [5.41, 5.74) is 2.22. The Bertz CT molecular complexity index is 825. The van der Waals surface area contributed by atoms with Crippen LogP contribution in [-0.4, -0.2) is 42.0 Å². The van der Waals surface area contributed by atoms with Crippen LogP contribution in [0.2, 0.25) is 0 Å². The molecule has 0 spiro atoms. The topological polar surface area (TPSA) is 55.3 Å². The largest absolute Gasteiger partial charge is 0.497 e. The van der Waals surface area contributed by atoms with Crippen LogP contribution >= 0.6 is 11.3 Å². The summed E-state index contributed by atoms with van der Waals surface area (Å²) in [7, 11) is 5.05. The van der Waals surface area contributed by atoms with E-state index in [2.05, 4.69) is 9.97 Å². The fraction of sp³-hybridized carbons (Fsp3) is 0.188. The van der Waals surface area contributed by atoms with Crippen molar-refractivity contribution >= 4 is 27.5 Å². The Labute approximate surface area is 132 Å². The van der Waals surface area contributed by atoms with Crippen molar-refractivity contribution in [1.82, 2.24) is 14.9 Å². The van der Waals surface area contributed by atoms with Crippen molar-refractivity contribution in [1.29, 1.82) is 0 Å². The number of amides is 1. The smallest absolute Gasteiger partial charge is 0.271 e. The molecule has 2 heterocycles. The van der Waals surface area contributed by atoms with E-state index in [1.54, 1.807) is 44.8 Å². The molecule has 0 saturated heterocycles. The molecule has 6 heteroatoms. The fourth-order valence-electron chi connectivity index (χ4n) is 2.03. The summed E-state index contributed by atoms with van der Waals surface area (Å²) in [5, 5.41) is 0.875. The van der Waals surface area contributed by atoms with Crippen LogP contribution in [0.5, 0.6) is 5.75 Å². The van der Waals surface area contributed by atoms with Crippen molar-refractivity contribution in [2.75, 3.05) is 21.2 Å². The summed E-state index contributed by atoms with van der Waals surface area (Å²) in [6, 6.07) is 9.42. The molecule has 1 amide bonds. The third-order valence-corrected chi connectivity index (χ3v) is 4.32. The maximum Gasteiger partial charge on any atom is 0.271 e. The van der Waals surface area contributed by atoms with E-state index < -0.39 is 0 Å². The number of hydrogen-bond acceptors (Lipinski definition) is 5. The molecule has 3 rings (SSSR count). The second-order valence-electron chi connectivity index (χ2n) is 4.98. The highest BCUT2D eigenvalue weighted by Crippen LogP contribution is 2.31. The molecule has 0 unspecified atom stereocenters. The molecule has 0 aliphatic heterocycles. The lowest BCUT2D eigenvalue weighted by atomic mass is 10.2. The Hall–Kier alpha value is -2.47. The van der Waals surface area contributed by atoms with Crippen LogP contribution in [0.3, 0.4) is 0 Å². The Morgan fingerprint density at radius 2 is 2.05 bits per heavy atom. The Kier molecular flexibility index (Phi) is 3.77. The van der Waals surface area contributed by atoms with Crippen LogP contribution in [0.1, 0.15) is 10.5 Å². The molecule has 0 fully saturated rings. The fourth-order valence-corrected chi connectivity index (χ4v) is 2.97. The first kappa shape index (κ1) is 14.5. The van der Waals surface area contributed by atoms with Crippen LogP contribution < -0.4 is 4.74 Å². The van der Waals surface area contributed by atoms with Gasteiger partial charge in [0.2, 0.25) is 0 Å². The number of thiazole rings is 1. The highest BCUT2D eigenvalue weighted by atomic mass is 32.1. The molecular weight excluding hydrogens is 298 g/mol. The van der Waals surface area contributed by atoms with Gasteiger partial charge >= 0.3 is 0 Å². The molecule has 0 N–H and O–H groups in total. The molecule has 0 aliphatic carbocycles. The van der Waals surface area contributed by atoms with Crippen LogP contribution in [0, 0.1) is 0 Å². The van der Waals surface area contributed by atoms with Gasteiger partial charge in [0.25, 0.3) is 5.91 Å². The quantitative estimate of drug-likeness (QED) is 0.745. The number of fused-ring (bicyclic) bond motifs is 1. The van der Waals surface area contributed by atoms with E-state index in [-0.39, 0.29) is 5.91 Å². The molecule has 5 nitrogen and oxygen atoms in total. The van der Waals surface area contributed by atoms with E-state index in [4.69, 9.17) is 4.74 Å². The zero-order chi connectivity index (χ0) is 15.7. The molecule has 0 atom stereocenters. The van der Waals surface area contributed by atoms with E-state index in [1.165, 1.54) is 4.90 Å². The van der Waals surface area contributed by atoms with Crippen LogP contribution in [0.4, 0.5) is 0 Å². The minimum absolute atomic E-state index is 0.111. The van der Waals surface area contributed by atoms with E-state index in [0.717, 1.165) is 26.5 Å². The molecule has 112 valence electrons.